The summed E-state index contributed by atoms with van der Waals surface area (Å²) in [7, 11) is 1.77. The van der Waals surface area contributed by atoms with Crippen molar-refractivity contribution >= 4 is 21.6 Å². The molecule has 84 valence electrons. The van der Waals surface area contributed by atoms with Gasteiger partial charge in [-0.15, -0.1) is 0 Å². The van der Waals surface area contributed by atoms with Crippen molar-refractivity contribution in [1.29, 1.82) is 0 Å². The van der Waals surface area contributed by atoms with Crippen molar-refractivity contribution in [1.82, 2.24) is 5.32 Å². The summed E-state index contributed by atoms with van der Waals surface area (Å²) in [5.74, 6) is -2.87. The highest BCUT2D eigenvalue weighted by molar-refractivity contribution is 9.10. The summed E-state index contributed by atoms with van der Waals surface area (Å²) in [4.78, 5) is 0. The Morgan fingerprint density at radius 1 is 1.47 bits per heavy atom. The molecule has 0 unspecified atom stereocenters. The maximum absolute atomic E-state index is 13.0. The zero-order valence-electron chi connectivity index (χ0n) is 8.57. The number of anilines is 1. The van der Waals surface area contributed by atoms with E-state index in [0.717, 1.165) is 12.5 Å². The van der Waals surface area contributed by atoms with Crippen LogP contribution in [0.15, 0.2) is 16.6 Å². The lowest BCUT2D eigenvalue weighted by molar-refractivity contribution is 0.0174. The average molecular weight is 279 g/mol. The van der Waals surface area contributed by atoms with Crippen LogP contribution < -0.4 is 11.1 Å². The molecule has 0 fully saturated rings. The molecule has 0 amide bonds. The number of halogens is 3. The molecule has 0 saturated heterocycles. The van der Waals surface area contributed by atoms with Gasteiger partial charge in [-0.2, -0.15) is 0 Å². The Morgan fingerprint density at radius 3 is 2.47 bits per heavy atom. The lowest BCUT2D eigenvalue weighted by Crippen LogP contribution is -2.12. The van der Waals surface area contributed by atoms with E-state index in [-0.39, 0.29) is 5.56 Å². The molecule has 0 saturated carbocycles. The molecular formula is C10H13BrF2N2. The van der Waals surface area contributed by atoms with Gasteiger partial charge in [0, 0.05) is 34.8 Å². The van der Waals surface area contributed by atoms with Gasteiger partial charge in [-0.25, -0.2) is 8.78 Å². The molecule has 0 spiro atoms. The Bertz CT molecular complexity index is 338. The van der Waals surface area contributed by atoms with Crippen molar-refractivity contribution < 1.29 is 8.78 Å². The van der Waals surface area contributed by atoms with Gasteiger partial charge in [0.25, 0.3) is 5.92 Å². The molecule has 3 N–H and O–H groups in total. The van der Waals surface area contributed by atoms with Gasteiger partial charge in [0.15, 0.2) is 0 Å². The summed E-state index contributed by atoms with van der Waals surface area (Å²) in [6.07, 6.45) is 0. The standard InChI is InChI=1S/C10H13BrF2N2/c1-10(12,13)6-3-8(11)7(5-15-2)9(14)4-6/h3-4,15H,5,14H2,1-2H3. The van der Waals surface area contributed by atoms with Crippen molar-refractivity contribution in [2.45, 2.75) is 19.4 Å². The molecule has 0 aliphatic carbocycles. The van der Waals surface area contributed by atoms with Crippen LogP contribution in [-0.2, 0) is 12.5 Å². The highest BCUT2D eigenvalue weighted by Gasteiger charge is 2.25. The highest BCUT2D eigenvalue weighted by Crippen LogP contribution is 2.33. The Hall–Kier alpha value is -0.680. The quantitative estimate of drug-likeness (QED) is 0.835. The van der Waals surface area contributed by atoms with E-state index >= 15 is 0 Å². The predicted molar refractivity (Wildman–Crippen MR) is 60.9 cm³/mol. The third kappa shape index (κ3) is 2.89. The lowest BCUT2D eigenvalue weighted by Gasteiger charge is -2.15. The van der Waals surface area contributed by atoms with E-state index in [2.05, 4.69) is 21.2 Å². The van der Waals surface area contributed by atoms with Gasteiger partial charge in [0.1, 0.15) is 0 Å². The predicted octanol–water partition coefficient (Wildman–Crippen LogP) is 2.86. The van der Waals surface area contributed by atoms with E-state index in [1.54, 1.807) is 7.05 Å². The van der Waals surface area contributed by atoms with E-state index in [1.807, 2.05) is 0 Å². The van der Waals surface area contributed by atoms with Crippen LogP contribution in [0.2, 0.25) is 0 Å². The van der Waals surface area contributed by atoms with Crippen molar-refractivity contribution in [3.05, 3.63) is 27.7 Å². The number of rotatable bonds is 3. The molecule has 2 nitrogen and oxygen atoms in total. The van der Waals surface area contributed by atoms with Crippen LogP contribution in [0.1, 0.15) is 18.1 Å². The third-order valence-electron chi connectivity index (χ3n) is 2.09. The molecule has 0 aliphatic heterocycles. The van der Waals surface area contributed by atoms with Crippen LogP contribution in [0.3, 0.4) is 0 Å². The molecule has 15 heavy (non-hydrogen) atoms. The summed E-state index contributed by atoms with van der Waals surface area (Å²) in [5, 5.41) is 2.93. The Labute approximate surface area is 96.0 Å². The summed E-state index contributed by atoms with van der Waals surface area (Å²) < 4.78 is 26.7. The topological polar surface area (TPSA) is 38.0 Å². The molecule has 0 radical (unpaired) electrons. The Balaban J connectivity index is 3.19. The summed E-state index contributed by atoms with van der Waals surface area (Å²) >= 11 is 3.24. The number of nitrogen functional groups attached to an aromatic ring is 1. The second-order valence-corrected chi connectivity index (χ2v) is 4.30. The van der Waals surface area contributed by atoms with E-state index < -0.39 is 5.92 Å². The van der Waals surface area contributed by atoms with Gasteiger partial charge in [-0.05, 0) is 19.2 Å². The summed E-state index contributed by atoms with van der Waals surface area (Å²) in [6.45, 7) is 1.40. The van der Waals surface area contributed by atoms with Gasteiger partial charge in [-0.3, -0.25) is 0 Å². The molecule has 5 heteroatoms. The fourth-order valence-corrected chi connectivity index (χ4v) is 1.89. The van der Waals surface area contributed by atoms with Gasteiger partial charge >= 0.3 is 0 Å². The van der Waals surface area contributed by atoms with Crippen molar-refractivity contribution in [3.8, 4) is 0 Å². The molecule has 0 atom stereocenters. The first-order chi connectivity index (χ1) is 6.86. The second-order valence-electron chi connectivity index (χ2n) is 3.44. The van der Waals surface area contributed by atoms with Gasteiger partial charge in [0.2, 0.25) is 0 Å². The molecule has 1 aromatic carbocycles. The molecule has 0 heterocycles. The van der Waals surface area contributed by atoms with E-state index in [4.69, 9.17) is 5.73 Å². The lowest BCUT2D eigenvalue weighted by atomic mass is 10.1. The second kappa shape index (κ2) is 4.45. The zero-order valence-corrected chi connectivity index (χ0v) is 10.2. The van der Waals surface area contributed by atoms with Crippen LogP contribution in [-0.4, -0.2) is 7.05 Å². The molecule has 1 rings (SSSR count). The molecular weight excluding hydrogens is 266 g/mol. The number of hydrogen-bond donors (Lipinski definition) is 2. The minimum absolute atomic E-state index is 0.0771. The SMILES string of the molecule is CNCc1c(N)cc(C(C)(F)F)cc1Br. The maximum atomic E-state index is 13.0. The van der Waals surface area contributed by atoms with Crippen molar-refractivity contribution in [2.24, 2.45) is 0 Å². The van der Waals surface area contributed by atoms with Crippen LogP contribution in [0.25, 0.3) is 0 Å². The largest absolute Gasteiger partial charge is 0.398 e. The number of hydrogen-bond acceptors (Lipinski definition) is 2. The van der Waals surface area contributed by atoms with Crippen molar-refractivity contribution in [2.75, 3.05) is 12.8 Å². The smallest absolute Gasteiger partial charge is 0.270 e. The van der Waals surface area contributed by atoms with Gasteiger partial charge in [0.05, 0.1) is 0 Å². The first-order valence-corrected chi connectivity index (χ1v) is 5.26. The van der Waals surface area contributed by atoms with Crippen LogP contribution in [0.4, 0.5) is 14.5 Å². The molecule has 1 aromatic rings. The molecule has 0 aromatic heterocycles. The summed E-state index contributed by atoms with van der Waals surface area (Å²) in [6, 6.07) is 2.72. The highest BCUT2D eigenvalue weighted by atomic mass is 79.9. The normalized spacial score (nSPS) is 11.8. The molecule has 0 aliphatic rings. The monoisotopic (exact) mass is 278 g/mol. The fraction of sp³-hybridized carbons (Fsp3) is 0.400. The van der Waals surface area contributed by atoms with Gasteiger partial charge in [-0.1, -0.05) is 15.9 Å². The fourth-order valence-electron chi connectivity index (χ4n) is 1.27. The van der Waals surface area contributed by atoms with Crippen LogP contribution in [0, 0.1) is 0 Å². The number of alkyl halides is 2. The first kappa shape index (κ1) is 12.4. The Kier molecular flexibility index (Phi) is 3.67. The number of nitrogens with two attached hydrogens (primary N) is 1. The van der Waals surface area contributed by atoms with Crippen LogP contribution >= 0.6 is 15.9 Å². The van der Waals surface area contributed by atoms with Gasteiger partial charge < -0.3 is 11.1 Å². The number of benzene rings is 1. The first-order valence-electron chi connectivity index (χ1n) is 4.47. The maximum Gasteiger partial charge on any atom is 0.270 e. The van der Waals surface area contributed by atoms with Crippen LogP contribution in [0.5, 0.6) is 0 Å². The van der Waals surface area contributed by atoms with Crippen molar-refractivity contribution in [3.63, 3.8) is 0 Å². The number of nitrogens with one attached hydrogen (secondary N) is 1. The zero-order chi connectivity index (χ0) is 11.6. The summed E-state index contributed by atoms with van der Waals surface area (Å²) in [5.41, 5.74) is 6.79. The average Bonchev–Trinajstić information content (AvgIpc) is 2.09. The van der Waals surface area contributed by atoms with E-state index in [9.17, 15) is 8.78 Å². The minimum atomic E-state index is -2.87. The van der Waals surface area contributed by atoms with E-state index in [1.165, 1.54) is 12.1 Å². The third-order valence-corrected chi connectivity index (χ3v) is 2.80. The minimum Gasteiger partial charge on any atom is -0.398 e. The molecule has 0 bridgehead atoms. The van der Waals surface area contributed by atoms with E-state index in [0.29, 0.717) is 16.7 Å². The Morgan fingerprint density at radius 2 is 2.07 bits per heavy atom.